The Labute approximate surface area is 132 Å². The molecule has 3 atom stereocenters. The van der Waals surface area contributed by atoms with E-state index >= 15 is 0 Å². The van der Waals surface area contributed by atoms with Crippen molar-refractivity contribution in [2.45, 2.75) is 44.9 Å². The highest BCUT2D eigenvalue weighted by molar-refractivity contribution is 5.82. The largest absolute Gasteiger partial charge is 0.497 e. The molecule has 1 aliphatic rings. The molecule has 0 radical (unpaired) electrons. The van der Waals surface area contributed by atoms with E-state index in [1.807, 2.05) is 38.1 Å². The Balaban J connectivity index is 1.96. The predicted octanol–water partition coefficient (Wildman–Crippen LogP) is 1.72. The lowest BCUT2D eigenvalue weighted by Crippen LogP contribution is -2.45. The van der Waals surface area contributed by atoms with E-state index in [9.17, 15) is 9.90 Å². The number of carbonyl (C=O) groups excluding carboxylic acids is 1. The molecule has 1 aliphatic heterocycles. The standard InChI is InChI=1S/C17H26N2O3/c1-12(14-6-5-7-15(10-14)22-4)18-13(2)16(20)19-9-8-17(3,21)11-19/h5-7,10,12-13,18,21H,8-9,11H2,1-4H3. The molecule has 0 aromatic heterocycles. The molecule has 1 aromatic carbocycles. The highest BCUT2D eigenvalue weighted by Gasteiger charge is 2.35. The van der Waals surface area contributed by atoms with Gasteiger partial charge in [0.25, 0.3) is 0 Å². The first kappa shape index (κ1) is 16.8. The number of nitrogens with zero attached hydrogens (tertiary/aromatic N) is 1. The van der Waals surface area contributed by atoms with Crippen LogP contribution in [-0.2, 0) is 4.79 Å². The van der Waals surface area contributed by atoms with E-state index in [2.05, 4.69) is 5.32 Å². The number of benzene rings is 1. The van der Waals surface area contributed by atoms with E-state index in [0.29, 0.717) is 19.5 Å². The van der Waals surface area contributed by atoms with E-state index in [1.165, 1.54) is 0 Å². The average molecular weight is 306 g/mol. The van der Waals surface area contributed by atoms with Crippen LogP contribution >= 0.6 is 0 Å². The topological polar surface area (TPSA) is 61.8 Å². The molecule has 0 aliphatic carbocycles. The Hall–Kier alpha value is -1.59. The van der Waals surface area contributed by atoms with Gasteiger partial charge < -0.3 is 14.7 Å². The summed E-state index contributed by atoms with van der Waals surface area (Å²) in [6, 6.07) is 7.56. The minimum absolute atomic E-state index is 0.0347. The quantitative estimate of drug-likeness (QED) is 0.869. The molecular weight excluding hydrogens is 280 g/mol. The van der Waals surface area contributed by atoms with Crippen LogP contribution in [0.1, 0.15) is 38.8 Å². The first-order valence-electron chi connectivity index (χ1n) is 7.73. The summed E-state index contributed by atoms with van der Waals surface area (Å²) in [6.07, 6.45) is 0.636. The fraction of sp³-hybridized carbons (Fsp3) is 0.588. The van der Waals surface area contributed by atoms with Crippen LogP contribution in [0.2, 0.25) is 0 Å². The zero-order valence-electron chi connectivity index (χ0n) is 13.8. The molecule has 1 saturated heterocycles. The molecule has 0 spiro atoms. The van der Waals surface area contributed by atoms with Crippen molar-refractivity contribution in [2.75, 3.05) is 20.2 Å². The smallest absolute Gasteiger partial charge is 0.239 e. The van der Waals surface area contributed by atoms with Crippen molar-refractivity contribution >= 4 is 5.91 Å². The lowest BCUT2D eigenvalue weighted by Gasteiger charge is -2.25. The molecule has 1 heterocycles. The number of hydrogen-bond donors (Lipinski definition) is 2. The van der Waals surface area contributed by atoms with Gasteiger partial charge in [-0.15, -0.1) is 0 Å². The number of rotatable bonds is 5. The first-order valence-corrected chi connectivity index (χ1v) is 7.73. The minimum atomic E-state index is -0.756. The van der Waals surface area contributed by atoms with Gasteiger partial charge in [-0.25, -0.2) is 0 Å². The van der Waals surface area contributed by atoms with Crippen LogP contribution in [-0.4, -0.2) is 47.8 Å². The maximum absolute atomic E-state index is 12.5. The predicted molar refractivity (Wildman–Crippen MR) is 85.8 cm³/mol. The van der Waals surface area contributed by atoms with Gasteiger partial charge in [-0.3, -0.25) is 10.1 Å². The third-order valence-corrected chi connectivity index (χ3v) is 4.23. The molecule has 0 bridgehead atoms. The van der Waals surface area contributed by atoms with Crippen molar-refractivity contribution < 1.29 is 14.6 Å². The molecule has 122 valence electrons. The molecule has 1 amide bonds. The Morgan fingerprint density at radius 1 is 1.45 bits per heavy atom. The maximum atomic E-state index is 12.5. The second kappa shape index (κ2) is 6.67. The first-order chi connectivity index (χ1) is 10.3. The monoisotopic (exact) mass is 306 g/mol. The number of hydrogen-bond acceptors (Lipinski definition) is 4. The van der Waals surface area contributed by atoms with Crippen molar-refractivity contribution in [1.82, 2.24) is 10.2 Å². The fourth-order valence-electron chi connectivity index (χ4n) is 2.86. The van der Waals surface area contributed by atoms with Gasteiger partial charge in [0.1, 0.15) is 5.75 Å². The second-order valence-corrected chi connectivity index (χ2v) is 6.39. The summed E-state index contributed by atoms with van der Waals surface area (Å²) in [5.41, 5.74) is 0.320. The van der Waals surface area contributed by atoms with Crippen molar-refractivity contribution in [3.8, 4) is 5.75 Å². The molecule has 1 fully saturated rings. The highest BCUT2D eigenvalue weighted by Crippen LogP contribution is 2.22. The minimum Gasteiger partial charge on any atom is -0.497 e. The van der Waals surface area contributed by atoms with Gasteiger partial charge in [0, 0.05) is 19.1 Å². The third-order valence-electron chi connectivity index (χ3n) is 4.23. The fourth-order valence-corrected chi connectivity index (χ4v) is 2.86. The zero-order valence-corrected chi connectivity index (χ0v) is 13.8. The number of ether oxygens (including phenoxy) is 1. The van der Waals surface area contributed by atoms with Gasteiger partial charge in [0.2, 0.25) is 5.91 Å². The van der Waals surface area contributed by atoms with Gasteiger partial charge in [-0.1, -0.05) is 12.1 Å². The van der Waals surface area contributed by atoms with Gasteiger partial charge in [-0.2, -0.15) is 0 Å². The van der Waals surface area contributed by atoms with E-state index in [1.54, 1.807) is 18.9 Å². The summed E-state index contributed by atoms with van der Waals surface area (Å²) < 4.78 is 5.23. The Bertz CT molecular complexity index is 530. The zero-order chi connectivity index (χ0) is 16.3. The molecule has 2 N–H and O–H groups in total. The number of amides is 1. The lowest BCUT2D eigenvalue weighted by molar-refractivity contribution is -0.133. The summed E-state index contributed by atoms with van der Waals surface area (Å²) >= 11 is 0. The summed E-state index contributed by atoms with van der Waals surface area (Å²) in [7, 11) is 1.64. The normalized spacial score (nSPS) is 24.1. The number of β-amino-alcohol motifs (C(OH)–C–C–N with tert-alkyl or cyclic N) is 1. The molecule has 5 heteroatoms. The summed E-state index contributed by atoms with van der Waals surface area (Å²) in [6.45, 7) is 6.69. The molecule has 3 unspecified atom stereocenters. The second-order valence-electron chi connectivity index (χ2n) is 6.39. The Kier molecular flexibility index (Phi) is 5.08. The van der Waals surface area contributed by atoms with Gasteiger partial charge in [0.05, 0.1) is 18.8 Å². The highest BCUT2D eigenvalue weighted by atomic mass is 16.5. The van der Waals surface area contributed by atoms with Gasteiger partial charge in [0.15, 0.2) is 0 Å². The molecule has 22 heavy (non-hydrogen) atoms. The molecule has 2 rings (SSSR count). The van der Waals surface area contributed by atoms with E-state index in [-0.39, 0.29) is 18.0 Å². The Morgan fingerprint density at radius 3 is 2.77 bits per heavy atom. The number of likely N-dealkylation sites (tertiary alicyclic amines) is 1. The van der Waals surface area contributed by atoms with Crippen molar-refractivity contribution in [1.29, 1.82) is 0 Å². The summed E-state index contributed by atoms with van der Waals surface area (Å²) in [5, 5.41) is 13.3. The van der Waals surface area contributed by atoms with E-state index in [0.717, 1.165) is 11.3 Å². The molecule has 0 saturated carbocycles. The van der Waals surface area contributed by atoms with E-state index < -0.39 is 5.60 Å². The number of aliphatic hydroxyl groups is 1. The molecule has 5 nitrogen and oxygen atoms in total. The van der Waals surface area contributed by atoms with Crippen LogP contribution in [0.15, 0.2) is 24.3 Å². The number of methoxy groups -OCH3 is 1. The van der Waals surface area contributed by atoms with Crippen LogP contribution in [0.5, 0.6) is 5.75 Å². The van der Waals surface area contributed by atoms with Crippen LogP contribution < -0.4 is 10.1 Å². The lowest BCUT2D eigenvalue weighted by atomic mass is 10.1. The van der Waals surface area contributed by atoms with Crippen LogP contribution in [0.25, 0.3) is 0 Å². The van der Waals surface area contributed by atoms with Gasteiger partial charge in [-0.05, 0) is 44.9 Å². The average Bonchev–Trinajstić information content (AvgIpc) is 2.86. The number of carbonyl (C=O) groups is 1. The third kappa shape index (κ3) is 3.99. The SMILES string of the molecule is COc1cccc(C(C)NC(C)C(=O)N2CCC(C)(O)C2)c1. The van der Waals surface area contributed by atoms with Crippen molar-refractivity contribution in [3.63, 3.8) is 0 Å². The van der Waals surface area contributed by atoms with Gasteiger partial charge >= 0.3 is 0 Å². The summed E-state index contributed by atoms with van der Waals surface area (Å²) in [4.78, 5) is 14.2. The van der Waals surface area contributed by atoms with Crippen LogP contribution in [0.4, 0.5) is 0 Å². The number of nitrogens with one attached hydrogen (secondary N) is 1. The summed E-state index contributed by atoms with van der Waals surface area (Å²) in [5.74, 6) is 0.841. The Morgan fingerprint density at radius 2 is 2.18 bits per heavy atom. The molecule has 1 aromatic rings. The maximum Gasteiger partial charge on any atom is 0.239 e. The van der Waals surface area contributed by atoms with Crippen LogP contribution in [0.3, 0.4) is 0 Å². The van der Waals surface area contributed by atoms with E-state index in [4.69, 9.17) is 4.74 Å². The van der Waals surface area contributed by atoms with Crippen LogP contribution in [0, 0.1) is 0 Å². The van der Waals surface area contributed by atoms with Crippen molar-refractivity contribution in [2.24, 2.45) is 0 Å². The van der Waals surface area contributed by atoms with Crippen molar-refractivity contribution in [3.05, 3.63) is 29.8 Å². The molecular formula is C17H26N2O3.